The second-order valence-corrected chi connectivity index (χ2v) is 4.22. The van der Waals surface area contributed by atoms with Crippen LogP contribution in [0.2, 0.25) is 0 Å². The Morgan fingerprint density at radius 1 is 1.12 bits per heavy atom. The quantitative estimate of drug-likeness (QED) is 0.627. The molecular formula is C8H5F5O3S. The topological polar surface area (TPSA) is 43.4 Å². The van der Waals surface area contributed by atoms with Gasteiger partial charge in [0.1, 0.15) is 5.75 Å². The van der Waals surface area contributed by atoms with Gasteiger partial charge in [-0.15, -0.1) is 3.89 Å². The minimum atomic E-state index is -4.97. The SMILES string of the molecule is O=S(=O)(F)c1ccc(OC(F)(F)C(F)F)cc1. The van der Waals surface area contributed by atoms with Gasteiger partial charge in [0, 0.05) is 0 Å². The normalized spacial score (nSPS) is 12.8. The van der Waals surface area contributed by atoms with Crippen LogP contribution in [0, 0.1) is 0 Å². The molecule has 0 saturated carbocycles. The molecule has 17 heavy (non-hydrogen) atoms. The summed E-state index contributed by atoms with van der Waals surface area (Å²) in [6, 6.07) is 2.52. The maximum Gasteiger partial charge on any atom is 0.461 e. The van der Waals surface area contributed by atoms with Crippen molar-refractivity contribution >= 4 is 10.2 Å². The van der Waals surface area contributed by atoms with Crippen molar-refractivity contribution in [2.75, 3.05) is 0 Å². The third-order valence-corrected chi connectivity index (χ3v) is 2.45. The first-order valence-corrected chi connectivity index (χ1v) is 5.41. The van der Waals surface area contributed by atoms with Crippen molar-refractivity contribution in [3.63, 3.8) is 0 Å². The third-order valence-electron chi connectivity index (χ3n) is 1.61. The number of halogens is 5. The summed E-state index contributed by atoms with van der Waals surface area (Å²) in [6.45, 7) is 0. The van der Waals surface area contributed by atoms with Crippen LogP contribution in [0.15, 0.2) is 29.2 Å². The summed E-state index contributed by atoms with van der Waals surface area (Å²) in [4.78, 5) is -0.787. The van der Waals surface area contributed by atoms with E-state index in [2.05, 4.69) is 4.74 Å². The average molecular weight is 276 g/mol. The smallest absolute Gasteiger partial charge is 0.428 e. The van der Waals surface area contributed by atoms with Crippen molar-refractivity contribution in [2.45, 2.75) is 17.4 Å². The van der Waals surface area contributed by atoms with Crippen LogP contribution < -0.4 is 4.74 Å². The summed E-state index contributed by atoms with van der Waals surface area (Å²) < 4.78 is 85.0. The minimum absolute atomic E-state index is 0.617. The van der Waals surface area contributed by atoms with E-state index in [1.54, 1.807) is 0 Å². The molecule has 0 unspecified atom stereocenters. The maximum atomic E-state index is 12.4. The molecule has 0 aliphatic heterocycles. The third kappa shape index (κ3) is 3.55. The molecule has 0 heterocycles. The summed E-state index contributed by atoms with van der Waals surface area (Å²) in [6.07, 6.45) is -8.73. The molecule has 96 valence electrons. The van der Waals surface area contributed by atoms with Crippen LogP contribution in [-0.2, 0) is 10.2 Å². The van der Waals surface area contributed by atoms with E-state index in [1.807, 2.05) is 0 Å². The molecule has 0 amide bonds. The van der Waals surface area contributed by atoms with Crippen LogP contribution >= 0.6 is 0 Å². The Morgan fingerprint density at radius 3 is 1.94 bits per heavy atom. The molecule has 1 aromatic carbocycles. The molecule has 0 saturated heterocycles. The number of hydrogen-bond acceptors (Lipinski definition) is 3. The zero-order valence-electron chi connectivity index (χ0n) is 7.91. The fourth-order valence-electron chi connectivity index (χ4n) is 0.872. The van der Waals surface area contributed by atoms with Gasteiger partial charge in [0.2, 0.25) is 0 Å². The Hall–Kier alpha value is -1.38. The van der Waals surface area contributed by atoms with Crippen LogP contribution in [0.25, 0.3) is 0 Å². The van der Waals surface area contributed by atoms with Crippen molar-refractivity contribution in [1.82, 2.24) is 0 Å². The molecule has 0 aromatic heterocycles. The van der Waals surface area contributed by atoms with E-state index in [4.69, 9.17) is 0 Å². The molecule has 1 aromatic rings. The number of rotatable bonds is 4. The molecule has 0 aliphatic rings. The summed E-state index contributed by atoms with van der Waals surface area (Å²) >= 11 is 0. The molecule has 0 N–H and O–H groups in total. The number of ether oxygens (including phenoxy) is 1. The van der Waals surface area contributed by atoms with Gasteiger partial charge in [0.15, 0.2) is 0 Å². The van der Waals surface area contributed by atoms with E-state index < -0.39 is 33.4 Å². The molecule has 0 bridgehead atoms. The summed E-state index contributed by atoms with van der Waals surface area (Å²) in [5, 5.41) is 0. The highest BCUT2D eigenvalue weighted by Crippen LogP contribution is 2.28. The van der Waals surface area contributed by atoms with Crippen molar-refractivity contribution < 1.29 is 34.6 Å². The molecule has 3 nitrogen and oxygen atoms in total. The predicted octanol–water partition coefficient (Wildman–Crippen LogP) is 2.58. The van der Waals surface area contributed by atoms with Gasteiger partial charge in [-0.25, -0.2) is 0 Å². The van der Waals surface area contributed by atoms with E-state index in [-0.39, 0.29) is 0 Å². The van der Waals surface area contributed by atoms with Crippen molar-refractivity contribution in [2.24, 2.45) is 0 Å². The van der Waals surface area contributed by atoms with Crippen molar-refractivity contribution in [3.05, 3.63) is 24.3 Å². The molecule has 0 aliphatic carbocycles. The van der Waals surface area contributed by atoms with E-state index in [9.17, 15) is 29.9 Å². The van der Waals surface area contributed by atoms with Gasteiger partial charge in [-0.2, -0.15) is 26.0 Å². The van der Waals surface area contributed by atoms with Crippen LogP contribution in [0.1, 0.15) is 0 Å². The van der Waals surface area contributed by atoms with Crippen LogP contribution in [0.5, 0.6) is 5.75 Å². The highest BCUT2D eigenvalue weighted by Gasteiger charge is 2.43. The van der Waals surface area contributed by atoms with Crippen LogP contribution in [0.4, 0.5) is 21.4 Å². The van der Waals surface area contributed by atoms with Gasteiger partial charge >= 0.3 is 22.8 Å². The second kappa shape index (κ2) is 4.47. The zero-order chi connectivity index (χ0) is 13.3. The highest BCUT2D eigenvalue weighted by molar-refractivity contribution is 7.86. The predicted molar refractivity (Wildman–Crippen MR) is 46.3 cm³/mol. The summed E-state index contributed by atoms with van der Waals surface area (Å²) in [7, 11) is -4.97. The lowest BCUT2D eigenvalue weighted by atomic mass is 10.3. The van der Waals surface area contributed by atoms with Crippen molar-refractivity contribution in [1.29, 1.82) is 0 Å². The Labute approximate surface area is 93.0 Å². The Morgan fingerprint density at radius 2 is 1.59 bits per heavy atom. The number of benzene rings is 1. The first kappa shape index (κ1) is 13.7. The molecule has 1 rings (SSSR count). The molecule has 9 heteroatoms. The largest absolute Gasteiger partial charge is 0.461 e. The fourth-order valence-corrected chi connectivity index (χ4v) is 1.33. The number of alkyl halides is 4. The van der Waals surface area contributed by atoms with Crippen LogP contribution in [-0.4, -0.2) is 21.0 Å². The summed E-state index contributed by atoms with van der Waals surface area (Å²) in [5.74, 6) is -0.706. The minimum Gasteiger partial charge on any atom is -0.428 e. The van der Waals surface area contributed by atoms with Gasteiger partial charge < -0.3 is 4.74 Å². The zero-order valence-corrected chi connectivity index (χ0v) is 8.73. The monoisotopic (exact) mass is 276 g/mol. The van der Waals surface area contributed by atoms with Gasteiger partial charge in [-0.3, -0.25) is 0 Å². The molecule has 0 atom stereocenters. The Kier molecular flexibility index (Phi) is 3.60. The average Bonchev–Trinajstić information content (AvgIpc) is 2.16. The molecule has 0 fully saturated rings. The first-order chi connectivity index (χ1) is 7.63. The van der Waals surface area contributed by atoms with E-state index >= 15 is 0 Å². The van der Waals surface area contributed by atoms with E-state index in [0.29, 0.717) is 24.3 Å². The van der Waals surface area contributed by atoms with Crippen molar-refractivity contribution in [3.8, 4) is 5.75 Å². The van der Waals surface area contributed by atoms with Gasteiger partial charge in [0.25, 0.3) is 0 Å². The lowest BCUT2D eigenvalue weighted by Gasteiger charge is -2.16. The molecule has 0 spiro atoms. The first-order valence-electron chi connectivity index (χ1n) is 4.02. The van der Waals surface area contributed by atoms with Crippen LogP contribution in [0.3, 0.4) is 0 Å². The maximum absolute atomic E-state index is 12.4. The summed E-state index contributed by atoms with van der Waals surface area (Å²) in [5.41, 5.74) is 0. The van der Waals surface area contributed by atoms with E-state index in [1.165, 1.54) is 0 Å². The fraction of sp³-hybridized carbons (Fsp3) is 0.250. The Balaban J connectivity index is 2.90. The second-order valence-electron chi connectivity index (χ2n) is 2.87. The highest BCUT2D eigenvalue weighted by atomic mass is 32.3. The molecule has 0 radical (unpaired) electrons. The standard InChI is InChI=1S/C8H5F5O3S/c9-7(10)8(11,12)16-5-1-3-6(4-2-5)17(13,14)15/h1-4,7H. The van der Waals surface area contributed by atoms with E-state index in [0.717, 1.165) is 0 Å². The lowest BCUT2D eigenvalue weighted by Crippen LogP contribution is -2.33. The number of hydrogen-bond donors (Lipinski definition) is 0. The molecular weight excluding hydrogens is 271 g/mol. The Bertz CT molecular complexity index is 482. The van der Waals surface area contributed by atoms with Gasteiger partial charge in [-0.1, -0.05) is 0 Å². The lowest BCUT2D eigenvalue weighted by molar-refractivity contribution is -0.253. The van der Waals surface area contributed by atoms with Gasteiger partial charge in [-0.05, 0) is 24.3 Å². The van der Waals surface area contributed by atoms with Gasteiger partial charge in [0.05, 0.1) is 4.90 Å².